The highest BCUT2D eigenvalue weighted by molar-refractivity contribution is 7.84. The van der Waals surface area contributed by atoms with Crippen molar-refractivity contribution >= 4 is 28.3 Å². The monoisotopic (exact) mass is 274 g/mol. The van der Waals surface area contributed by atoms with Crippen LogP contribution in [0.2, 0.25) is 5.02 Å². The molecule has 0 radical (unpaired) electrons. The molecule has 1 heterocycles. The van der Waals surface area contributed by atoms with Crippen LogP contribution < -0.4 is 5.32 Å². The maximum Gasteiger partial charge on any atom is 0.252 e. The van der Waals surface area contributed by atoms with Crippen LogP contribution in [0.5, 0.6) is 0 Å². The SMILES string of the molecule is CC(CCNC(=O)c1ccncc1Cl)S(C)=O. The van der Waals surface area contributed by atoms with Gasteiger partial charge in [-0.2, -0.15) is 0 Å². The molecule has 6 heteroatoms. The van der Waals surface area contributed by atoms with Gasteiger partial charge in [0, 0.05) is 41.2 Å². The molecule has 0 bridgehead atoms. The van der Waals surface area contributed by atoms with Crippen molar-refractivity contribution in [1.29, 1.82) is 0 Å². The summed E-state index contributed by atoms with van der Waals surface area (Å²) in [6.07, 6.45) is 5.29. The molecule has 1 N–H and O–H groups in total. The second-order valence-corrected chi connectivity index (χ2v) is 5.92. The number of carbonyl (C=O) groups excluding carboxylic acids is 1. The largest absolute Gasteiger partial charge is 0.352 e. The highest BCUT2D eigenvalue weighted by atomic mass is 35.5. The average Bonchev–Trinajstić information content (AvgIpc) is 2.29. The first kappa shape index (κ1) is 14.1. The predicted octanol–water partition coefficient (Wildman–Crippen LogP) is 1.62. The van der Waals surface area contributed by atoms with Crippen molar-refractivity contribution in [2.75, 3.05) is 12.8 Å². The van der Waals surface area contributed by atoms with E-state index < -0.39 is 10.8 Å². The normalized spacial score (nSPS) is 14.1. The fourth-order valence-electron chi connectivity index (χ4n) is 1.21. The smallest absolute Gasteiger partial charge is 0.252 e. The Morgan fingerprint density at radius 1 is 1.65 bits per heavy atom. The molecule has 1 aromatic heterocycles. The summed E-state index contributed by atoms with van der Waals surface area (Å²) >= 11 is 5.84. The zero-order valence-corrected chi connectivity index (χ0v) is 11.3. The van der Waals surface area contributed by atoms with Crippen LogP contribution in [0.15, 0.2) is 18.5 Å². The first-order chi connectivity index (χ1) is 8.02. The lowest BCUT2D eigenvalue weighted by molar-refractivity contribution is 0.0953. The zero-order valence-electron chi connectivity index (χ0n) is 9.77. The van der Waals surface area contributed by atoms with Crippen LogP contribution in [-0.2, 0) is 10.8 Å². The summed E-state index contributed by atoms with van der Waals surface area (Å²) in [5.41, 5.74) is 0.409. The maximum atomic E-state index is 11.7. The van der Waals surface area contributed by atoms with E-state index in [4.69, 9.17) is 11.6 Å². The molecule has 0 aliphatic rings. The van der Waals surface area contributed by atoms with Crippen LogP contribution in [0, 0.1) is 0 Å². The Bertz CT molecular complexity index is 426. The maximum absolute atomic E-state index is 11.7. The van der Waals surface area contributed by atoms with Crippen LogP contribution in [0.1, 0.15) is 23.7 Å². The molecule has 2 atom stereocenters. The molecule has 0 aliphatic heterocycles. The first-order valence-electron chi connectivity index (χ1n) is 5.22. The molecule has 0 fully saturated rings. The van der Waals surface area contributed by atoms with Gasteiger partial charge in [-0.1, -0.05) is 18.5 Å². The molecule has 1 rings (SSSR count). The van der Waals surface area contributed by atoms with E-state index in [2.05, 4.69) is 10.3 Å². The minimum atomic E-state index is -0.861. The van der Waals surface area contributed by atoms with Gasteiger partial charge in [-0.15, -0.1) is 0 Å². The lowest BCUT2D eigenvalue weighted by Crippen LogP contribution is -2.27. The van der Waals surface area contributed by atoms with E-state index in [1.807, 2.05) is 6.92 Å². The first-order valence-corrected chi connectivity index (χ1v) is 7.22. The standard InChI is InChI=1S/C11H15ClN2O2S/c1-8(17(2)16)3-6-14-11(15)9-4-5-13-7-10(9)12/h4-5,7-8H,3,6H2,1-2H3,(H,14,15). The van der Waals surface area contributed by atoms with Crippen molar-refractivity contribution in [3.63, 3.8) is 0 Å². The van der Waals surface area contributed by atoms with Gasteiger partial charge in [0.25, 0.3) is 5.91 Å². The van der Waals surface area contributed by atoms with E-state index in [1.165, 1.54) is 12.4 Å². The Kier molecular flexibility index (Phi) is 5.58. The number of nitrogens with zero attached hydrogens (tertiary/aromatic N) is 1. The minimum Gasteiger partial charge on any atom is -0.352 e. The van der Waals surface area contributed by atoms with Gasteiger partial charge < -0.3 is 5.32 Å². The van der Waals surface area contributed by atoms with E-state index in [0.29, 0.717) is 23.6 Å². The molecule has 0 spiro atoms. The summed E-state index contributed by atoms with van der Waals surface area (Å²) in [6, 6.07) is 1.57. The Labute approximate surface area is 108 Å². The van der Waals surface area contributed by atoms with Crippen LogP contribution in [0.25, 0.3) is 0 Å². The Morgan fingerprint density at radius 3 is 2.94 bits per heavy atom. The summed E-state index contributed by atoms with van der Waals surface area (Å²) in [6.45, 7) is 2.37. The third-order valence-electron chi connectivity index (χ3n) is 2.42. The second-order valence-electron chi connectivity index (χ2n) is 3.71. The number of amides is 1. The highest BCUT2D eigenvalue weighted by Gasteiger charge is 2.11. The van der Waals surface area contributed by atoms with Crippen LogP contribution >= 0.6 is 11.6 Å². The van der Waals surface area contributed by atoms with Crippen molar-refractivity contribution in [3.05, 3.63) is 29.0 Å². The summed E-state index contributed by atoms with van der Waals surface area (Å²) in [7, 11) is -0.861. The number of halogens is 1. The molecule has 0 aliphatic carbocycles. The third kappa shape index (κ3) is 4.44. The number of nitrogens with one attached hydrogen (secondary N) is 1. The molecule has 17 heavy (non-hydrogen) atoms. The number of pyridine rings is 1. The van der Waals surface area contributed by atoms with E-state index in [0.717, 1.165) is 0 Å². The van der Waals surface area contributed by atoms with Crippen molar-refractivity contribution < 1.29 is 9.00 Å². The number of hydrogen-bond donors (Lipinski definition) is 1. The summed E-state index contributed by atoms with van der Waals surface area (Å²) in [5, 5.41) is 3.14. The molecule has 1 amide bonds. The lowest BCUT2D eigenvalue weighted by Gasteiger charge is -2.09. The quantitative estimate of drug-likeness (QED) is 0.888. The summed E-state index contributed by atoms with van der Waals surface area (Å²) < 4.78 is 11.1. The molecule has 0 saturated heterocycles. The Balaban J connectivity index is 2.46. The van der Waals surface area contributed by atoms with Crippen molar-refractivity contribution in [2.24, 2.45) is 0 Å². The van der Waals surface area contributed by atoms with Gasteiger partial charge in [0.1, 0.15) is 0 Å². The molecule has 2 unspecified atom stereocenters. The molecule has 0 saturated carbocycles. The van der Waals surface area contributed by atoms with Gasteiger partial charge in [-0.3, -0.25) is 14.0 Å². The topological polar surface area (TPSA) is 59.1 Å². The lowest BCUT2D eigenvalue weighted by atomic mass is 10.2. The van der Waals surface area contributed by atoms with Crippen molar-refractivity contribution in [1.82, 2.24) is 10.3 Å². The Hall–Kier alpha value is -0.940. The van der Waals surface area contributed by atoms with Gasteiger partial charge in [-0.05, 0) is 12.5 Å². The van der Waals surface area contributed by atoms with Gasteiger partial charge in [-0.25, -0.2) is 0 Å². The number of rotatable bonds is 5. The van der Waals surface area contributed by atoms with E-state index >= 15 is 0 Å². The molecular formula is C11H15ClN2O2S. The number of aromatic nitrogens is 1. The summed E-state index contributed by atoms with van der Waals surface area (Å²) in [5.74, 6) is -0.230. The van der Waals surface area contributed by atoms with E-state index in [9.17, 15) is 9.00 Å². The molecule has 94 valence electrons. The third-order valence-corrected chi connectivity index (χ3v) is 4.09. The van der Waals surface area contributed by atoms with Crippen molar-refractivity contribution in [3.8, 4) is 0 Å². The second kappa shape index (κ2) is 6.71. The highest BCUT2D eigenvalue weighted by Crippen LogP contribution is 2.12. The summed E-state index contributed by atoms with van der Waals surface area (Å²) in [4.78, 5) is 15.5. The van der Waals surface area contributed by atoms with Gasteiger partial charge in [0.2, 0.25) is 0 Å². The molecule has 4 nitrogen and oxygen atoms in total. The molecule has 0 aromatic carbocycles. The van der Waals surface area contributed by atoms with E-state index in [1.54, 1.807) is 12.3 Å². The fraction of sp³-hybridized carbons (Fsp3) is 0.455. The van der Waals surface area contributed by atoms with Gasteiger partial charge >= 0.3 is 0 Å². The number of hydrogen-bond acceptors (Lipinski definition) is 3. The van der Waals surface area contributed by atoms with Gasteiger partial charge in [0.15, 0.2) is 0 Å². The predicted molar refractivity (Wildman–Crippen MR) is 69.7 cm³/mol. The van der Waals surface area contributed by atoms with E-state index in [-0.39, 0.29) is 11.2 Å². The van der Waals surface area contributed by atoms with Crippen LogP contribution in [0.4, 0.5) is 0 Å². The van der Waals surface area contributed by atoms with Crippen LogP contribution in [-0.4, -0.2) is 33.2 Å². The number of carbonyl (C=O) groups is 1. The van der Waals surface area contributed by atoms with Gasteiger partial charge in [0.05, 0.1) is 10.6 Å². The average molecular weight is 275 g/mol. The minimum absolute atomic E-state index is 0.0724. The van der Waals surface area contributed by atoms with Crippen LogP contribution in [0.3, 0.4) is 0 Å². The zero-order chi connectivity index (χ0) is 12.8. The molecular weight excluding hydrogens is 260 g/mol. The molecule has 1 aromatic rings. The Morgan fingerprint density at radius 2 is 2.35 bits per heavy atom. The van der Waals surface area contributed by atoms with Crippen molar-refractivity contribution in [2.45, 2.75) is 18.6 Å². The fourth-order valence-corrected chi connectivity index (χ4v) is 1.86.